The lowest BCUT2D eigenvalue weighted by Gasteiger charge is -2.12. The molecule has 0 aliphatic rings. The van der Waals surface area contributed by atoms with Gasteiger partial charge < -0.3 is 15.2 Å². The van der Waals surface area contributed by atoms with Gasteiger partial charge in [0.1, 0.15) is 11.5 Å². The molecular formula is C17H16BrN3O5S. The van der Waals surface area contributed by atoms with Crippen LogP contribution in [-0.4, -0.2) is 27.7 Å². The molecule has 1 amide bonds. The Bertz CT molecular complexity index is 891. The Hall–Kier alpha value is -2.72. The number of benzene rings is 2. The molecule has 10 heteroatoms. The quantitative estimate of drug-likeness (QED) is 0.265. The van der Waals surface area contributed by atoms with Gasteiger partial charge in [-0.3, -0.25) is 20.2 Å². The molecule has 2 aromatic rings. The molecule has 3 N–H and O–H groups in total. The Morgan fingerprint density at radius 1 is 1.33 bits per heavy atom. The van der Waals surface area contributed by atoms with E-state index >= 15 is 0 Å². The molecular weight excluding hydrogens is 438 g/mol. The summed E-state index contributed by atoms with van der Waals surface area (Å²) < 4.78 is 6.19. The molecule has 142 valence electrons. The molecule has 0 heterocycles. The van der Waals surface area contributed by atoms with Crippen molar-refractivity contribution in [2.75, 3.05) is 11.9 Å². The molecule has 27 heavy (non-hydrogen) atoms. The van der Waals surface area contributed by atoms with Crippen LogP contribution in [0.2, 0.25) is 0 Å². The third kappa shape index (κ3) is 5.90. The van der Waals surface area contributed by atoms with Gasteiger partial charge in [-0.05, 0) is 58.3 Å². The fourth-order valence-corrected chi connectivity index (χ4v) is 2.84. The van der Waals surface area contributed by atoms with Gasteiger partial charge in [0.15, 0.2) is 11.7 Å². The predicted octanol–water partition coefficient (Wildman–Crippen LogP) is 3.52. The monoisotopic (exact) mass is 453 g/mol. The Kier molecular flexibility index (Phi) is 7.08. The van der Waals surface area contributed by atoms with E-state index in [-0.39, 0.29) is 28.8 Å². The number of nitro benzene ring substituents is 1. The Labute approximate surface area is 168 Å². The first-order chi connectivity index (χ1) is 12.8. The number of non-ortho nitro benzene ring substituents is 1. The van der Waals surface area contributed by atoms with Crippen LogP contribution in [0.1, 0.15) is 12.5 Å². The van der Waals surface area contributed by atoms with Crippen LogP contribution in [-0.2, 0) is 11.2 Å². The summed E-state index contributed by atoms with van der Waals surface area (Å²) in [6.07, 6.45) is 0.884. The van der Waals surface area contributed by atoms with Crippen LogP contribution >= 0.6 is 28.1 Å². The molecule has 2 aromatic carbocycles. The summed E-state index contributed by atoms with van der Waals surface area (Å²) >= 11 is 8.38. The third-order valence-electron chi connectivity index (χ3n) is 3.46. The molecule has 0 bridgehead atoms. The van der Waals surface area contributed by atoms with E-state index in [9.17, 15) is 20.0 Å². The second-order valence-corrected chi connectivity index (χ2v) is 6.63. The van der Waals surface area contributed by atoms with E-state index in [4.69, 9.17) is 17.0 Å². The Balaban J connectivity index is 1.89. The minimum absolute atomic E-state index is 0.0758. The van der Waals surface area contributed by atoms with Crippen LogP contribution in [0, 0.1) is 10.1 Å². The van der Waals surface area contributed by atoms with Crippen molar-refractivity contribution in [3.8, 4) is 11.5 Å². The number of aromatic hydroxyl groups is 1. The van der Waals surface area contributed by atoms with Gasteiger partial charge in [0.05, 0.1) is 21.1 Å². The normalized spacial score (nSPS) is 10.1. The predicted molar refractivity (Wildman–Crippen MR) is 108 cm³/mol. The number of anilines is 1. The summed E-state index contributed by atoms with van der Waals surface area (Å²) in [5, 5.41) is 25.4. The molecule has 0 radical (unpaired) electrons. The summed E-state index contributed by atoms with van der Waals surface area (Å²) in [6, 6.07) is 9.05. The maximum atomic E-state index is 11.9. The van der Waals surface area contributed by atoms with E-state index in [1.54, 1.807) is 6.07 Å². The number of phenols is 1. The second kappa shape index (κ2) is 9.28. The van der Waals surface area contributed by atoms with Gasteiger partial charge >= 0.3 is 0 Å². The van der Waals surface area contributed by atoms with E-state index < -0.39 is 10.8 Å². The highest BCUT2D eigenvalue weighted by Gasteiger charge is 2.13. The van der Waals surface area contributed by atoms with Gasteiger partial charge in [-0.1, -0.05) is 13.0 Å². The van der Waals surface area contributed by atoms with Crippen LogP contribution in [0.4, 0.5) is 11.4 Å². The van der Waals surface area contributed by atoms with Crippen molar-refractivity contribution < 1.29 is 19.6 Å². The van der Waals surface area contributed by atoms with Crippen molar-refractivity contribution >= 4 is 50.5 Å². The number of rotatable bonds is 6. The first kappa shape index (κ1) is 20.6. The molecule has 0 fully saturated rings. The number of nitrogens with one attached hydrogen (secondary N) is 2. The van der Waals surface area contributed by atoms with E-state index in [1.165, 1.54) is 12.1 Å². The maximum Gasteiger partial charge on any atom is 0.273 e. The lowest BCUT2D eigenvalue weighted by atomic mass is 10.2. The zero-order chi connectivity index (χ0) is 20.0. The van der Waals surface area contributed by atoms with Crippen LogP contribution < -0.4 is 15.4 Å². The molecule has 0 unspecified atom stereocenters. The van der Waals surface area contributed by atoms with E-state index in [2.05, 4.69) is 26.6 Å². The number of amides is 1. The number of carbonyl (C=O) groups excluding carboxylic acids is 1. The molecule has 0 saturated carbocycles. The highest BCUT2D eigenvalue weighted by Crippen LogP contribution is 2.28. The number of nitro groups is 1. The summed E-state index contributed by atoms with van der Waals surface area (Å²) in [7, 11) is 0. The maximum absolute atomic E-state index is 11.9. The summed E-state index contributed by atoms with van der Waals surface area (Å²) in [5.74, 6) is -0.341. The standard InChI is InChI=1S/C17H16BrN3O5S/c1-2-10-3-6-15(12(18)7-10)26-9-16(23)20-17(27)19-13-5-4-11(21(24)25)8-14(13)22/h3-8,22H,2,9H2,1H3,(H2,19,20,23,27). The van der Waals surface area contributed by atoms with Crippen molar-refractivity contribution in [2.45, 2.75) is 13.3 Å². The number of halogens is 1. The highest BCUT2D eigenvalue weighted by atomic mass is 79.9. The topological polar surface area (TPSA) is 114 Å². The summed E-state index contributed by atoms with van der Waals surface area (Å²) in [4.78, 5) is 22.0. The third-order valence-corrected chi connectivity index (χ3v) is 4.28. The molecule has 0 spiro atoms. The minimum Gasteiger partial charge on any atom is -0.506 e. The molecule has 0 aliphatic carbocycles. The lowest BCUT2D eigenvalue weighted by Crippen LogP contribution is -2.37. The van der Waals surface area contributed by atoms with Crippen molar-refractivity contribution in [3.63, 3.8) is 0 Å². The molecule has 8 nitrogen and oxygen atoms in total. The molecule has 0 aromatic heterocycles. The Morgan fingerprint density at radius 3 is 2.67 bits per heavy atom. The van der Waals surface area contributed by atoms with Crippen LogP contribution in [0.15, 0.2) is 40.9 Å². The van der Waals surface area contributed by atoms with Gasteiger partial charge in [-0.2, -0.15) is 0 Å². The van der Waals surface area contributed by atoms with E-state index in [0.29, 0.717) is 5.75 Å². The van der Waals surface area contributed by atoms with Crippen molar-refractivity contribution in [2.24, 2.45) is 0 Å². The molecule has 0 atom stereocenters. The van der Waals surface area contributed by atoms with Crippen molar-refractivity contribution in [3.05, 3.63) is 56.5 Å². The number of hydrogen-bond acceptors (Lipinski definition) is 6. The first-order valence-corrected chi connectivity index (χ1v) is 8.99. The number of thiocarbonyl (C=S) groups is 1. The number of hydrogen-bond donors (Lipinski definition) is 3. The van der Waals surface area contributed by atoms with Gasteiger partial charge in [-0.25, -0.2) is 0 Å². The Morgan fingerprint density at radius 2 is 2.07 bits per heavy atom. The van der Waals surface area contributed by atoms with Gasteiger partial charge in [0.2, 0.25) is 0 Å². The number of ether oxygens (including phenoxy) is 1. The highest BCUT2D eigenvalue weighted by molar-refractivity contribution is 9.10. The second-order valence-electron chi connectivity index (χ2n) is 5.37. The smallest absolute Gasteiger partial charge is 0.273 e. The largest absolute Gasteiger partial charge is 0.506 e. The average Bonchev–Trinajstić information content (AvgIpc) is 2.62. The fourth-order valence-electron chi connectivity index (χ4n) is 2.08. The van der Waals surface area contributed by atoms with Crippen LogP contribution in [0.5, 0.6) is 11.5 Å². The molecule has 2 rings (SSSR count). The van der Waals surface area contributed by atoms with Crippen molar-refractivity contribution in [1.29, 1.82) is 0 Å². The lowest BCUT2D eigenvalue weighted by molar-refractivity contribution is -0.384. The van der Waals surface area contributed by atoms with Gasteiger partial charge in [0, 0.05) is 6.07 Å². The van der Waals surface area contributed by atoms with E-state index in [0.717, 1.165) is 22.5 Å². The number of aryl methyl sites for hydroxylation is 1. The summed E-state index contributed by atoms with van der Waals surface area (Å²) in [6.45, 7) is 1.77. The molecule has 0 saturated heterocycles. The zero-order valence-corrected chi connectivity index (χ0v) is 16.6. The van der Waals surface area contributed by atoms with Crippen molar-refractivity contribution in [1.82, 2.24) is 5.32 Å². The number of carbonyl (C=O) groups is 1. The SMILES string of the molecule is CCc1ccc(OCC(=O)NC(=S)Nc2ccc([N+](=O)[O-])cc2O)c(Br)c1. The average molecular weight is 454 g/mol. The zero-order valence-electron chi connectivity index (χ0n) is 14.2. The molecule has 0 aliphatic heterocycles. The van der Waals surface area contributed by atoms with Crippen LogP contribution in [0.3, 0.4) is 0 Å². The van der Waals surface area contributed by atoms with Gasteiger partial charge in [-0.15, -0.1) is 0 Å². The number of nitrogens with zero attached hydrogens (tertiary/aromatic N) is 1. The fraction of sp³-hybridized carbons (Fsp3) is 0.176. The number of phenolic OH excluding ortho intramolecular Hbond substituents is 1. The van der Waals surface area contributed by atoms with Crippen LogP contribution in [0.25, 0.3) is 0 Å². The minimum atomic E-state index is -0.633. The van der Waals surface area contributed by atoms with Gasteiger partial charge in [0.25, 0.3) is 11.6 Å². The summed E-state index contributed by atoms with van der Waals surface area (Å²) in [5.41, 5.74) is 0.998. The van der Waals surface area contributed by atoms with E-state index in [1.807, 2.05) is 19.1 Å². The first-order valence-electron chi connectivity index (χ1n) is 7.79.